The van der Waals surface area contributed by atoms with Gasteiger partial charge in [0.25, 0.3) is 0 Å². The molecule has 1 atom stereocenters. The average Bonchev–Trinajstić information content (AvgIpc) is 2.56. The molecule has 0 spiro atoms. The molecule has 1 aliphatic heterocycles. The summed E-state index contributed by atoms with van der Waals surface area (Å²) in [5.41, 5.74) is 0.961. The fourth-order valence-corrected chi connectivity index (χ4v) is 1.36. The third-order valence-corrected chi connectivity index (χ3v) is 2.03. The molecule has 0 saturated carbocycles. The summed E-state index contributed by atoms with van der Waals surface area (Å²) in [6.07, 6.45) is 4.18. The predicted molar refractivity (Wildman–Crippen MR) is 41.6 cm³/mol. The topological polar surface area (TPSA) is 39.4 Å². The fraction of sp³-hybridized carbons (Fsp3) is 0.444. The Morgan fingerprint density at radius 1 is 1.50 bits per heavy atom. The molecule has 0 radical (unpaired) electrons. The first kappa shape index (κ1) is 7.55. The fourth-order valence-electron chi connectivity index (χ4n) is 1.36. The Balaban J connectivity index is 2.09. The first-order valence-electron chi connectivity index (χ1n) is 4.01. The van der Waals surface area contributed by atoms with Crippen LogP contribution >= 0.6 is 0 Å². The molecule has 1 aromatic heterocycles. The average molecular weight is 166 g/mol. The Morgan fingerprint density at radius 2 is 2.42 bits per heavy atom. The summed E-state index contributed by atoms with van der Waals surface area (Å²) in [7, 11) is 0. The van der Waals surface area contributed by atoms with Gasteiger partial charge >= 0.3 is 0 Å². The number of carbonyl (C=O) groups excluding carboxylic acids is 1. The van der Waals surface area contributed by atoms with E-state index in [2.05, 4.69) is 0 Å². The lowest BCUT2D eigenvalue weighted by atomic mass is 10.0. The van der Waals surface area contributed by atoms with Crippen LogP contribution in [-0.2, 0) is 9.53 Å². The summed E-state index contributed by atoms with van der Waals surface area (Å²) in [4.78, 5) is 11.1. The van der Waals surface area contributed by atoms with Crippen molar-refractivity contribution in [3.8, 4) is 0 Å². The molecule has 12 heavy (non-hydrogen) atoms. The normalized spacial score (nSPS) is 24.3. The van der Waals surface area contributed by atoms with E-state index in [0.717, 1.165) is 5.56 Å². The van der Waals surface area contributed by atoms with Crippen LogP contribution in [-0.4, -0.2) is 12.4 Å². The third kappa shape index (κ3) is 1.41. The van der Waals surface area contributed by atoms with Gasteiger partial charge < -0.3 is 9.15 Å². The molecular weight excluding hydrogens is 156 g/mol. The number of hydrogen-bond acceptors (Lipinski definition) is 3. The lowest BCUT2D eigenvalue weighted by Gasteiger charge is -2.20. The maximum Gasteiger partial charge on any atom is 0.138 e. The molecule has 0 bridgehead atoms. The van der Waals surface area contributed by atoms with Crippen LogP contribution in [0.15, 0.2) is 23.0 Å². The second-order valence-electron chi connectivity index (χ2n) is 2.91. The maximum absolute atomic E-state index is 11.1. The molecular formula is C9H10O3. The van der Waals surface area contributed by atoms with Gasteiger partial charge in [-0.05, 0) is 6.07 Å². The smallest absolute Gasteiger partial charge is 0.138 e. The molecule has 0 aliphatic carbocycles. The Morgan fingerprint density at radius 3 is 3.08 bits per heavy atom. The van der Waals surface area contributed by atoms with Gasteiger partial charge in [0.1, 0.15) is 5.78 Å². The molecule has 3 heteroatoms. The van der Waals surface area contributed by atoms with Crippen molar-refractivity contribution in [2.75, 3.05) is 6.61 Å². The monoisotopic (exact) mass is 166 g/mol. The SMILES string of the molecule is O=C1CCOC(c2ccoc2)C1. The highest BCUT2D eigenvalue weighted by molar-refractivity contribution is 5.79. The minimum absolute atomic E-state index is 0.0787. The van der Waals surface area contributed by atoms with Gasteiger partial charge in [-0.3, -0.25) is 4.79 Å². The van der Waals surface area contributed by atoms with Crippen molar-refractivity contribution in [3.05, 3.63) is 24.2 Å². The van der Waals surface area contributed by atoms with Crippen LogP contribution in [0, 0.1) is 0 Å². The van der Waals surface area contributed by atoms with Crippen LogP contribution in [0.4, 0.5) is 0 Å². The second-order valence-corrected chi connectivity index (χ2v) is 2.91. The number of furan rings is 1. The van der Waals surface area contributed by atoms with E-state index < -0.39 is 0 Å². The Labute approximate surface area is 70.3 Å². The molecule has 1 saturated heterocycles. The van der Waals surface area contributed by atoms with E-state index in [0.29, 0.717) is 19.4 Å². The number of carbonyl (C=O) groups is 1. The summed E-state index contributed by atoms with van der Waals surface area (Å²) in [5, 5.41) is 0. The molecule has 3 nitrogen and oxygen atoms in total. The highest BCUT2D eigenvalue weighted by Gasteiger charge is 2.21. The van der Waals surface area contributed by atoms with Gasteiger partial charge in [0, 0.05) is 18.4 Å². The highest BCUT2D eigenvalue weighted by Crippen LogP contribution is 2.25. The molecule has 1 fully saturated rings. The van der Waals surface area contributed by atoms with Crippen LogP contribution in [0.1, 0.15) is 24.5 Å². The maximum atomic E-state index is 11.1. The predicted octanol–water partition coefficient (Wildman–Crippen LogP) is 1.70. The number of rotatable bonds is 1. The van der Waals surface area contributed by atoms with Crippen molar-refractivity contribution in [3.63, 3.8) is 0 Å². The van der Waals surface area contributed by atoms with E-state index in [1.165, 1.54) is 0 Å². The van der Waals surface area contributed by atoms with E-state index in [-0.39, 0.29) is 11.9 Å². The lowest BCUT2D eigenvalue weighted by Crippen LogP contribution is -2.18. The van der Waals surface area contributed by atoms with Gasteiger partial charge in [-0.1, -0.05) is 0 Å². The Hall–Kier alpha value is -1.09. The van der Waals surface area contributed by atoms with Gasteiger partial charge in [0.05, 0.1) is 25.2 Å². The van der Waals surface area contributed by atoms with Crippen molar-refractivity contribution in [2.24, 2.45) is 0 Å². The molecule has 1 unspecified atom stereocenters. The number of ketones is 1. The largest absolute Gasteiger partial charge is 0.472 e. The first-order chi connectivity index (χ1) is 5.86. The van der Waals surface area contributed by atoms with Crippen LogP contribution < -0.4 is 0 Å². The summed E-state index contributed by atoms with van der Waals surface area (Å²) in [6.45, 7) is 0.536. The molecule has 0 amide bonds. The number of ether oxygens (including phenoxy) is 1. The molecule has 2 heterocycles. The van der Waals surface area contributed by atoms with E-state index >= 15 is 0 Å². The minimum Gasteiger partial charge on any atom is -0.472 e. The zero-order valence-corrected chi connectivity index (χ0v) is 6.66. The molecule has 1 aromatic rings. The van der Waals surface area contributed by atoms with E-state index in [1.54, 1.807) is 12.5 Å². The quantitative estimate of drug-likeness (QED) is 0.637. The van der Waals surface area contributed by atoms with Crippen molar-refractivity contribution >= 4 is 5.78 Å². The van der Waals surface area contributed by atoms with Crippen molar-refractivity contribution in [1.29, 1.82) is 0 Å². The number of Topliss-reactive ketones (excluding diaryl/α,β-unsaturated/α-hetero) is 1. The highest BCUT2D eigenvalue weighted by atomic mass is 16.5. The van der Waals surface area contributed by atoms with Gasteiger partial charge in [0.15, 0.2) is 0 Å². The van der Waals surface area contributed by atoms with E-state index in [1.807, 2.05) is 6.07 Å². The van der Waals surface area contributed by atoms with Gasteiger partial charge in [-0.2, -0.15) is 0 Å². The summed E-state index contributed by atoms with van der Waals surface area (Å²) >= 11 is 0. The number of hydrogen-bond donors (Lipinski definition) is 0. The zero-order chi connectivity index (χ0) is 8.39. The van der Waals surface area contributed by atoms with Crippen LogP contribution in [0.2, 0.25) is 0 Å². The lowest BCUT2D eigenvalue weighted by molar-refractivity contribution is -0.128. The summed E-state index contributed by atoms with van der Waals surface area (Å²) in [5.74, 6) is 0.271. The van der Waals surface area contributed by atoms with Crippen LogP contribution in [0.25, 0.3) is 0 Å². The van der Waals surface area contributed by atoms with Crippen LogP contribution in [0.3, 0.4) is 0 Å². The van der Waals surface area contributed by atoms with E-state index in [4.69, 9.17) is 9.15 Å². The summed E-state index contributed by atoms with van der Waals surface area (Å²) in [6, 6.07) is 1.84. The first-order valence-corrected chi connectivity index (χ1v) is 4.01. The molecule has 2 rings (SSSR count). The molecule has 0 aromatic carbocycles. The van der Waals surface area contributed by atoms with Gasteiger partial charge in [-0.15, -0.1) is 0 Å². The molecule has 64 valence electrons. The Bertz CT molecular complexity index is 263. The van der Waals surface area contributed by atoms with Gasteiger partial charge in [0.2, 0.25) is 0 Å². The minimum atomic E-state index is -0.0787. The zero-order valence-electron chi connectivity index (χ0n) is 6.66. The summed E-state index contributed by atoms with van der Waals surface area (Å²) < 4.78 is 10.3. The molecule has 0 N–H and O–H groups in total. The van der Waals surface area contributed by atoms with E-state index in [9.17, 15) is 4.79 Å². The van der Waals surface area contributed by atoms with Crippen molar-refractivity contribution in [1.82, 2.24) is 0 Å². The van der Waals surface area contributed by atoms with Crippen LogP contribution in [0.5, 0.6) is 0 Å². The van der Waals surface area contributed by atoms with Crippen molar-refractivity contribution < 1.29 is 13.9 Å². The van der Waals surface area contributed by atoms with Crippen molar-refractivity contribution in [2.45, 2.75) is 18.9 Å². The standard InChI is InChI=1S/C9H10O3/c10-8-2-4-12-9(5-8)7-1-3-11-6-7/h1,3,6,9H,2,4-5H2. The third-order valence-electron chi connectivity index (χ3n) is 2.03. The Kier molecular flexibility index (Phi) is 1.96. The van der Waals surface area contributed by atoms with Gasteiger partial charge in [-0.25, -0.2) is 0 Å². The molecule has 1 aliphatic rings. The second kappa shape index (κ2) is 3.11.